The molecule has 0 aromatic heterocycles. The molecule has 3 heteroatoms. The molecule has 1 aliphatic heterocycles. The van der Waals surface area contributed by atoms with Crippen molar-refractivity contribution in [3.05, 3.63) is 41.2 Å². The van der Waals surface area contributed by atoms with Crippen molar-refractivity contribution >= 4 is 5.69 Å². The van der Waals surface area contributed by atoms with E-state index in [0.29, 0.717) is 6.04 Å². The van der Waals surface area contributed by atoms with Gasteiger partial charge in [0.2, 0.25) is 0 Å². The van der Waals surface area contributed by atoms with Crippen LogP contribution in [0, 0.1) is 6.57 Å². The van der Waals surface area contributed by atoms with Gasteiger partial charge < -0.3 is 4.90 Å². The van der Waals surface area contributed by atoms with E-state index in [0.717, 1.165) is 31.9 Å². The van der Waals surface area contributed by atoms with Crippen LogP contribution in [-0.4, -0.2) is 42.5 Å². The first-order valence-corrected chi connectivity index (χ1v) is 6.08. The van der Waals surface area contributed by atoms with Gasteiger partial charge >= 0.3 is 0 Å². The Balaban J connectivity index is 1.94. The summed E-state index contributed by atoms with van der Waals surface area (Å²) in [6, 6.07) is 8.57. The third kappa shape index (κ3) is 3.06. The highest BCUT2D eigenvalue weighted by molar-refractivity contribution is 5.45. The van der Waals surface area contributed by atoms with Crippen LogP contribution < -0.4 is 0 Å². The van der Waals surface area contributed by atoms with Gasteiger partial charge in [0.1, 0.15) is 0 Å². The molecular weight excluding hydrogens is 210 g/mol. The summed E-state index contributed by atoms with van der Waals surface area (Å²) in [7, 11) is 2.19. The van der Waals surface area contributed by atoms with Gasteiger partial charge in [-0.2, -0.15) is 0 Å². The molecule has 1 aliphatic rings. The minimum Gasteiger partial charge on any atom is -0.301 e. The fourth-order valence-electron chi connectivity index (χ4n) is 2.20. The molecule has 1 atom stereocenters. The van der Waals surface area contributed by atoms with Gasteiger partial charge in [-0.1, -0.05) is 24.3 Å². The molecule has 0 radical (unpaired) electrons. The zero-order valence-electron chi connectivity index (χ0n) is 10.6. The molecule has 1 saturated heterocycles. The highest BCUT2D eigenvalue weighted by Crippen LogP contribution is 2.15. The van der Waals surface area contributed by atoms with Gasteiger partial charge in [0.25, 0.3) is 0 Å². The van der Waals surface area contributed by atoms with E-state index in [-0.39, 0.29) is 0 Å². The van der Waals surface area contributed by atoms with Gasteiger partial charge in [-0.25, -0.2) is 4.85 Å². The average molecular weight is 229 g/mol. The van der Waals surface area contributed by atoms with Gasteiger partial charge in [0.05, 0.1) is 6.57 Å². The Morgan fingerprint density at radius 3 is 2.59 bits per heavy atom. The van der Waals surface area contributed by atoms with Crippen LogP contribution in [0.5, 0.6) is 0 Å². The van der Waals surface area contributed by atoms with E-state index in [4.69, 9.17) is 6.57 Å². The van der Waals surface area contributed by atoms with Crippen LogP contribution in [0.25, 0.3) is 4.85 Å². The monoisotopic (exact) mass is 229 g/mol. The number of benzene rings is 1. The molecule has 2 rings (SSSR count). The molecule has 0 aliphatic carbocycles. The van der Waals surface area contributed by atoms with Crippen LogP contribution in [0.15, 0.2) is 24.3 Å². The van der Waals surface area contributed by atoms with Crippen LogP contribution in [-0.2, 0) is 6.54 Å². The smallest absolute Gasteiger partial charge is 0.187 e. The second kappa shape index (κ2) is 5.31. The number of hydrogen-bond acceptors (Lipinski definition) is 2. The first-order chi connectivity index (χ1) is 8.19. The molecule has 90 valence electrons. The Hall–Kier alpha value is -1.37. The van der Waals surface area contributed by atoms with Crippen LogP contribution in [0.2, 0.25) is 0 Å². The summed E-state index contributed by atoms with van der Waals surface area (Å²) in [5, 5.41) is 0. The van der Waals surface area contributed by atoms with Crippen molar-refractivity contribution < 1.29 is 0 Å². The molecule has 1 aromatic carbocycles. The normalized spacial score (nSPS) is 22.3. The van der Waals surface area contributed by atoms with Crippen molar-refractivity contribution in [2.24, 2.45) is 0 Å². The van der Waals surface area contributed by atoms with E-state index in [9.17, 15) is 0 Å². The number of piperazine rings is 1. The average Bonchev–Trinajstić information content (AvgIpc) is 2.35. The van der Waals surface area contributed by atoms with Crippen LogP contribution >= 0.6 is 0 Å². The van der Waals surface area contributed by atoms with Crippen molar-refractivity contribution in [1.29, 1.82) is 0 Å². The summed E-state index contributed by atoms with van der Waals surface area (Å²) in [6.45, 7) is 13.6. The van der Waals surface area contributed by atoms with Gasteiger partial charge in [-0.15, -0.1) is 0 Å². The van der Waals surface area contributed by atoms with Crippen molar-refractivity contribution in [3.63, 3.8) is 0 Å². The predicted octanol–water partition coefficient (Wildman–Crippen LogP) is 2.37. The number of nitrogens with zero attached hydrogens (tertiary/aromatic N) is 3. The minimum absolute atomic E-state index is 0.631. The SMILES string of the molecule is [C-]#[N+]c1ccc(CN2CCN(C)C(C)C2)cc1. The third-order valence-electron chi connectivity index (χ3n) is 3.52. The lowest BCUT2D eigenvalue weighted by Crippen LogP contribution is -2.49. The van der Waals surface area contributed by atoms with Crippen LogP contribution in [0.4, 0.5) is 5.69 Å². The fourth-order valence-corrected chi connectivity index (χ4v) is 2.20. The molecule has 1 unspecified atom stereocenters. The number of likely N-dealkylation sites (N-methyl/N-ethyl adjacent to an activating group) is 1. The molecule has 1 aromatic rings. The quantitative estimate of drug-likeness (QED) is 0.721. The number of hydrogen-bond donors (Lipinski definition) is 0. The summed E-state index contributed by atoms with van der Waals surface area (Å²) in [4.78, 5) is 8.30. The Kier molecular flexibility index (Phi) is 3.78. The van der Waals surface area contributed by atoms with Gasteiger partial charge in [0.15, 0.2) is 5.69 Å². The van der Waals surface area contributed by atoms with Gasteiger partial charge in [-0.3, -0.25) is 4.90 Å². The van der Waals surface area contributed by atoms with E-state index in [2.05, 4.69) is 40.7 Å². The lowest BCUT2D eigenvalue weighted by molar-refractivity contribution is 0.1000. The Labute approximate surface area is 103 Å². The topological polar surface area (TPSA) is 10.8 Å². The molecule has 3 nitrogen and oxygen atoms in total. The Morgan fingerprint density at radius 2 is 2.00 bits per heavy atom. The van der Waals surface area contributed by atoms with Crippen molar-refractivity contribution in [2.45, 2.75) is 19.5 Å². The Morgan fingerprint density at radius 1 is 1.29 bits per heavy atom. The third-order valence-corrected chi connectivity index (χ3v) is 3.52. The fraction of sp³-hybridized carbons (Fsp3) is 0.500. The number of rotatable bonds is 2. The van der Waals surface area contributed by atoms with Gasteiger partial charge in [0, 0.05) is 32.2 Å². The standard InChI is InChI=1S/C14H19N3/c1-12-10-17(9-8-16(12)3)11-13-4-6-14(15-2)7-5-13/h4-7,12H,8-11H2,1,3H3. The molecule has 1 fully saturated rings. The zero-order valence-corrected chi connectivity index (χ0v) is 10.6. The van der Waals surface area contributed by atoms with E-state index in [1.165, 1.54) is 5.56 Å². The summed E-state index contributed by atoms with van der Waals surface area (Å²) >= 11 is 0. The maximum Gasteiger partial charge on any atom is 0.187 e. The highest BCUT2D eigenvalue weighted by Gasteiger charge is 2.20. The summed E-state index contributed by atoms with van der Waals surface area (Å²) in [6.07, 6.45) is 0. The van der Waals surface area contributed by atoms with Crippen molar-refractivity contribution in [1.82, 2.24) is 9.80 Å². The van der Waals surface area contributed by atoms with Crippen molar-refractivity contribution in [3.8, 4) is 0 Å². The van der Waals surface area contributed by atoms with E-state index in [1.54, 1.807) is 0 Å². The summed E-state index contributed by atoms with van der Waals surface area (Å²) < 4.78 is 0. The second-order valence-corrected chi connectivity index (χ2v) is 4.84. The molecule has 0 amide bonds. The van der Waals surface area contributed by atoms with Gasteiger partial charge in [-0.05, 0) is 19.5 Å². The first-order valence-electron chi connectivity index (χ1n) is 6.08. The maximum atomic E-state index is 6.92. The largest absolute Gasteiger partial charge is 0.301 e. The van der Waals surface area contributed by atoms with E-state index < -0.39 is 0 Å². The summed E-state index contributed by atoms with van der Waals surface area (Å²) in [5.74, 6) is 0. The molecule has 0 bridgehead atoms. The van der Waals surface area contributed by atoms with E-state index >= 15 is 0 Å². The molecule has 17 heavy (non-hydrogen) atoms. The first kappa shape index (κ1) is 12.1. The summed E-state index contributed by atoms with van der Waals surface area (Å²) in [5.41, 5.74) is 2.02. The van der Waals surface area contributed by atoms with Crippen LogP contribution in [0.3, 0.4) is 0 Å². The Bertz CT molecular complexity index is 404. The van der Waals surface area contributed by atoms with Crippen LogP contribution in [0.1, 0.15) is 12.5 Å². The molecule has 0 spiro atoms. The predicted molar refractivity (Wildman–Crippen MR) is 70.1 cm³/mol. The van der Waals surface area contributed by atoms with E-state index in [1.807, 2.05) is 12.1 Å². The lowest BCUT2D eigenvalue weighted by Gasteiger charge is -2.37. The minimum atomic E-state index is 0.631. The molecule has 0 saturated carbocycles. The zero-order chi connectivity index (χ0) is 12.3. The maximum absolute atomic E-state index is 6.92. The molecular formula is C14H19N3. The highest BCUT2D eigenvalue weighted by atomic mass is 15.3. The second-order valence-electron chi connectivity index (χ2n) is 4.84. The molecule has 1 heterocycles. The lowest BCUT2D eigenvalue weighted by atomic mass is 10.1. The van der Waals surface area contributed by atoms with Crippen molar-refractivity contribution in [2.75, 3.05) is 26.7 Å². The molecule has 0 N–H and O–H groups in total.